The number of halogens is 3. The molecule has 1 atom stereocenters. The summed E-state index contributed by atoms with van der Waals surface area (Å²) in [4.78, 5) is 28.4. The van der Waals surface area contributed by atoms with Crippen LogP contribution in [-0.4, -0.2) is 44.3 Å². The maximum atomic E-state index is 14.0. The SMILES string of the molecule is CCCCNC(=O)C(CC)N(Cc1cccc(C)c1)C(=O)CN(c1cccc(C(F)(F)F)c1)S(=O)(=O)c1ccccc1. The molecule has 0 aromatic heterocycles. The molecule has 3 rings (SSSR count). The monoisotopic (exact) mass is 603 g/mol. The second-order valence-corrected chi connectivity index (χ2v) is 11.8. The highest BCUT2D eigenvalue weighted by Crippen LogP contribution is 2.33. The lowest BCUT2D eigenvalue weighted by Gasteiger charge is -2.33. The van der Waals surface area contributed by atoms with Crippen molar-refractivity contribution in [1.82, 2.24) is 10.2 Å². The largest absolute Gasteiger partial charge is 0.416 e. The minimum atomic E-state index is -4.73. The number of alkyl halides is 3. The van der Waals surface area contributed by atoms with Crippen LogP contribution in [0.15, 0.2) is 83.8 Å². The van der Waals surface area contributed by atoms with E-state index in [-0.39, 0.29) is 29.5 Å². The van der Waals surface area contributed by atoms with E-state index >= 15 is 0 Å². The topological polar surface area (TPSA) is 86.8 Å². The molecule has 1 unspecified atom stereocenters. The number of anilines is 1. The number of sulfonamides is 1. The maximum Gasteiger partial charge on any atom is 0.416 e. The number of carbonyl (C=O) groups excluding carboxylic acids is 2. The molecule has 3 aromatic carbocycles. The zero-order valence-corrected chi connectivity index (χ0v) is 24.7. The van der Waals surface area contributed by atoms with Crippen LogP contribution < -0.4 is 9.62 Å². The van der Waals surface area contributed by atoms with Gasteiger partial charge in [0.1, 0.15) is 12.6 Å². The van der Waals surface area contributed by atoms with E-state index in [1.54, 1.807) is 19.1 Å². The van der Waals surface area contributed by atoms with Gasteiger partial charge in [0.05, 0.1) is 16.1 Å². The molecule has 0 aliphatic heterocycles. The Labute approximate surface area is 245 Å². The molecule has 0 spiro atoms. The number of hydrogen-bond donors (Lipinski definition) is 1. The summed E-state index contributed by atoms with van der Waals surface area (Å²) in [6.45, 7) is 5.20. The Morgan fingerprint density at radius 1 is 0.929 bits per heavy atom. The van der Waals surface area contributed by atoms with Gasteiger partial charge in [-0.1, -0.05) is 74.4 Å². The minimum absolute atomic E-state index is 0.00202. The third-order valence-corrected chi connectivity index (χ3v) is 8.51. The van der Waals surface area contributed by atoms with Crippen molar-refractivity contribution in [2.24, 2.45) is 0 Å². The first-order chi connectivity index (χ1) is 19.9. The summed E-state index contributed by atoms with van der Waals surface area (Å²) in [5.41, 5.74) is 0.273. The third-order valence-electron chi connectivity index (χ3n) is 6.72. The molecule has 1 N–H and O–H groups in total. The number of carbonyl (C=O) groups is 2. The first kappa shape index (κ1) is 32.7. The molecule has 226 valence electrons. The predicted octanol–water partition coefficient (Wildman–Crippen LogP) is 5.93. The van der Waals surface area contributed by atoms with Crippen LogP contribution in [0, 0.1) is 6.92 Å². The Bertz CT molecular complexity index is 1460. The Kier molecular flexibility index (Phi) is 11.2. The van der Waals surface area contributed by atoms with Gasteiger partial charge in [-0.25, -0.2) is 8.42 Å². The predicted molar refractivity (Wildman–Crippen MR) is 156 cm³/mol. The van der Waals surface area contributed by atoms with Gasteiger partial charge in [-0.2, -0.15) is 13.2 Å². The average Bonchev–Trinajstić information content (AvgIpc) is 2.96. The van der Waals surface area contributed by atoms with Crippen molar-refractivity contribution >= 4 is 27.5 Å². The number of rotatable bonds is 13. The van der Waals surface area contributed by atoms with Crippen molar-refractivity contribution in [3.63, 3.8) is 0 Å². The molecular formula is C31H36F3N3O4S. The summed E-state index contributed by atoms with van der Waals surface area (Å²) in [7, 11) is -4.48. The van der Waals surface area contributed by atoms with Crippen LogP contribution >= 0.6 is 0 Å². The lowest BCUT2D eigenvalue weighted by Crippen LogP contribution is -2.52. The van der Waals surface area contributed by atoms with Crippen LogP contribution in [0.1, 0.15) is 49.8 Å². The van der Waals surface area contributed by atoms with E-state index in [1.165, 1.54) is 35.2 Å². The molecule has 2 amide bonds. The maximum absolute atomic E-state index is 14.0. The second-order valence-electron chi connectivity index (χ2n) is 9.95. The van der Waals surface area contributed by atoms with Crippen LogP contribution in [0.3, 0.4) is 0 Å². The fraction of sp³-hybridized carbons (Fsp3) is 0.355. The summed E-state index contributed by atoms with van der Waals surface area (Å²) >= 11 is 0. The fourth-order valence-corrected chi connectivity index (χ4v) is 5.95. The minimum Gasteiger partial charge on any atom is -0.354 e. The van der Waals surface area contributed by atoms with Gasteiger partial charge >= 0.3 is 6.18 Å². The van der Waals surface area contributed by atoms with E-state index in [9.17, 15) is 31.2 Å². The highest BCUT2D eigenvalue weighted by Gasteiger charge is 2.35. The van der Waals surface area contributed by atoms with Crippen LogP contribution in [-0.2, 0) is 32.3 Å². The van der Waals surface area contributed by atoms with Crippen molar-refractivity contribution in [2.75, 3.05) is 17.4 Å². The summed E-state index contributed by atoms with van der Waals surface area (Å²) < 4.78 is 69.1. The van der Waals surface area contributed by atoms with Gasteiger partial charge in [0.25, 0.3) is 10.0 Å². The molecule has 0 radical (unpaired) electrons. The van der Waals surface area contributed by atoms with Crippen molar-refractivity contribution in [1.29, 1.82) is 0 Å². The van der Waals surface area contributed by atoms with Gasteiger partial charge in [-0.3, -0.25) is 13.9 Å². The summed E-state index contributed by atoms with van der Waals surface area (Å²) in [5, 5.41) is 2.84. The number of benzene rings is 3. The van der Waals surface area contributed by atoms with Crippen molar-refractivity contribution in [2.45, 2.75) is 63.7 Å². The van der Waals surface area contributed by atoms with E-state index < -0.39 is 40.3 Å². The number of unbranched alkanes of at least 4 members (excludes halogenated alkanes) is 1. The molecule has 3 aromatic rings. The zero-order valence-electron chi connectivity index (χ0n) is 23.9. The van der Waals surface area contributed by atoms with Crippen LogP contribution in [0.2, 0.25) is 0 Å². The van der Waals surface area contributed by atoms with E-state index in [2.05, 4.69) is 5.32 Å². The number of hydrogen-bond acceptors (Lipinski definition) is 4. The highest BCUT2D eigenvalue weighted by atomic mass is 32.2. The summed E-state index contributed by atoms with van der Waals surface area (Å²) in [6.07, 6.45) is -2.90. The Balaban J connectivity index is 2.08. The normalized spacial score (nSPS) is 12.4. The molecule has 0 fully saturated rings. The number of aryl methyl sites for hydroxylation is 1. The molecule has 0 bridgehead atoms. The molecule has 7 nitrogen and oxygen atoms in total. The smallest absolute Gasteiger partial charge is 0.354 e. The third kappa shape index (κ3) is 8.34. The zero-order chi connectivity index (χ0) is 30.9. The molecular weight excluding hydrogens is 567 g/mol. The molecule has 0 saturated heterocycles. The number of amides is 2. The first-order valence-corrected chi connectivity index (χ1v) is 15.2. The molecule has 0 aliphatic rings. The van der Waals surface area contributed by atoms with Gasteiger partial charge in [-0.05, 0) is 55.7 Å². The van der Waals surface area contributed by atoms with Crippen LogP contribution in [0.4, 0.5) is 18.9 Å². The lowest BCUT2D eigenvalue weighted by atomic mass is 10.1. The highest BCUT2D eigenvalue weighted by molar-refractivity contribution is 7.92. The first-order valence-electron chi connectivity index (χ1n) is 13.8. The van der Waals surface area contributed by atoms with Gasteiger partial charge < -0.3 is 10.2 Å². The Hall–Kier alpha value is -3.86. The van der Waals surface area contributed by atoms with Gasteiger partial charge in [0.15, 0.2) is 0 Å². The summed E-state index contributed by atoms with van der Waals surface area (Å²) in [6, 6.07) is 17.4. The van der Waals surface area contributed by atoms with Gasteiger partial charge in [-0.15, -0.1) is 0 Å². The molecule has 0 aliphatic carbocycles. The Morgan fingerprint density at radius 3 is 2.24 bits per heavy atom. The van der Waals surface area contributed by atoms with E-state index in [4.69, 9.17) is 0 Å². The molecule has 42 heavy (non-hydrogen) atoms. The van der Waals surface area contributed by atoms with E-state index in [0.717, 1.165) is 36.1 Å². The van der Waals surface area contributed by atoms with E-state index in [0.29, 0.717) is 16.9 Å². The van der Waals surface area contributed by atoms with Gasteiger partial charge in [0, 0.05) is 13.1 Å². The summed E-state index contributed by atoms with van der Waals surface area (Å²) in [5.74, 6) is -1.12. The lowest BCUT2D eigenvalue weighted by molar-refractivity contribution is -0.140. The molecule has 11 heteroatoms. The number of nitrogens with zero attached hydrogens (tertiary/aromatic N) is 2. The molecule has 0 saturated carbocycles. The van der Waals surface area contributed by atoms with Crippen molar-refractivity contribution < 1.29 is 31.2 Å². The average molecular weight is 604 g/mol. The Morgan fingerprint density at radius 2 is 1.62 bits per heavy atom. The standard InChI is InChI=1S/C31H36F3N3O4S/c1-4-6-18-35-30(39)28(5-2)36(21-24-13-10-12-23(3)19-24)29(38)22-37(42(40,41)27-16-8-7-9-17-27)26-15-11-14-25(20-26)31(32,33)34/h7-17,19-20,28H,4-6,18,21-22H2,1-3H3,(H,35,39). The quantitative estimate of drug-likeness (QED) is 0.245. The van der Waals surface area contributed by atoms with Crippen LogP contribution in [0.25, 0.3) is 0 Å². The van der Waals surface area contributed by atoms with Crippen LogP contribution in [0.5, 0.6) is 0 Å². The number of nitrogens with one attached hydrogen (secondary N) is 1. The van der Waals surface area contributed by atoms with Gasteiger partial charge in [0.2, 0.25) is 11.8 Å². The van der Waals surface area contributed by atoms with Crippen molar-refractivity contribution in [3.05, 3.63) is 95.6 Å². The molecule has 0 heterocycles. The van der Waals surface area contributed by atoms with Crippen molar-refractivity contribution in [3.8, 4) is 0 Å². The van der Waals surface area contributed by atoms with E-state index in [1.807, 2.05) is 32.0 Å². The second kappa shape index (κ2) is 14.4. The fourth-order valence-electron chi connectivity index (χ4n) is 4.52.